The van der Waals surface area contributed by atoms with Crippen molar-refractivity contribution in [3.63, 3.8) is 0 Å². The molecule has 0 aliphatic heterocycles. The Morgan fingerprint density at radius 1 is 0.962 bits per heavy atom. The molecule has 0 radical (unpaired) electrons. The molecule has 0 atom stereocenters. The summed E-state index contributed by atoms with van der Waals surface area (Å²) >= 11 is 0. The molecule has 0 unspecified atom stereocenters. The first-order chi connectivity index (χ1) is 12.7. The number of hydrogen-bond acceptors (Lipinski definition) is 5. The molecule has 130 valence electrons. The summed E-state index contributed by atoms with van der Waals surface area (Å²) in [6.45, 7) is 0. The van der Waals surface area contributed by atoms with Crippen molar-refractivity contribution in [2.24, 2.45) is 0 Å². The summed E-state index contributed by atoms with van der Waals surface area (Å²) in [6.07, 6.45) is 3.01. The number of methoxy groups -OCH3 is 1. The molecule has 1 N–H and O–H groups in total. The second kappa shape index (κ2) is 7.94. The third kappa shape index (κ3) is 4.05. The summed E-state index contributed by atoms with van der Waals surface area (Å²) in [5.74, 6) is 0.0765. The molecule has 0 spiro atoms. The molecule has 2 aromatic carbocycles. The minimum absolute atomic E-state index is 0.289. The van der Waals surface area contributed by atoms with E-state index < -0.39 is 5.97 Å². The molecule has 0 saturated carbocycles. The highest BCUT2D eigenvalue weighted by Crippen LogP contribution is 2.21. The second-order valence-corrected chi connectivity index (χ2v) is 5.31. The number of benzene rings is 2. The van der Waals surface area contributed by atoms with Gasteiger partial charge in [-0.2, -0.15) is 0 Å². The van der Waals surface area contributed by atoms with Crippen LogP contribution in [0.15, 0.2) is 73.1 Å². The number of hydrogen-bond donors (Lipinski definition) is 1. The number of para-hydroxylation sites is 1. The number of anilines is 1. The SMILES string of the molecule is COc1ccccc1C(=O)Nc1ccc(OC(=O)c2cccnc2)cc1. The van der Waals surface area contributed by atoms with E-state index in [1.165, 1.54) is 13.3 Å². The van der Waals surface area contributed by atoms with E-state index in [2.05, 4.69) is 10.3 Å². The summed E-state index contributed by atoms with van der Waals surface area (Å²) in [7, 11) is 1.51. The van der Waals surface area contributed by atoms with Crippen molar-refractivity contribution in [3.8, 4) is 11.5 Å². The van der Waals surface area contributed by atoms with Crippen molar-refractivity contribution in [2.45, 2.75) is 0 Å². The van der Waals surface area contributed by atoms with Crippen LogP contribution in [-0.2, 0) is 0 Å². The first kappa shape index (κ1) is 17.2. The molecule has 1 heterocycles. The lowest BCUT2D eigenvalue weighted by atomic mass is 10.2. The Balaban J connectivity index is 1.66. The van der Waals surface area contributed by atoms with Crippen LogP contribution in [0, 0.1) is 0 Å². The quantitative estimate of drug-likeness (QED) is 0.563. The number of esters is 1. The van der Waals surface area contributed by atoms with Crippen LogP contribution < -0.4 is 14.8 Å². The zero-order chi connectivity index (χ0) is 18.4. The van der Waals surface area contributed by atoms with E-state index in [1.807, 2.05) is 0 Å². The third-order valence-corrected chi connectivity index (χ3v) is 3.57. The molecule has 26 heavy (non-hydrogen) atoms. The van der Waals surface area contributed by atoms with Gasteiger partial charge in [0.1, 0.15) is 11.5 Å². The maximum Gasteiger partial charge on any atom is 0.345 e. The van der Waals surface area contributed by atoms with E-state index in [4.69, 9.17) is 9.47 Å². The Labute approximate surface area is 150 Å². The number of pyridine rings is 1. The molecule has 0 aliphatic rings. The summed E-state index contributed by atoms with van der Waals surface area (Å²) in [4.78, 5) is 28.2. The number of ether oxygens (including phenoxy) is 2. The number of nitrogens with zero attached hydrogens (tertiary/aromatic N) is 1. The van der Waals surface area contributed by atoms with E-state index in [0.29, 0.717) is 28.3 Å². The van der Waals surface area contributed by atoms with Crippen LogP contribution >= 0.6 is 0 Å². The maximum absolute atomic E-state index is 12.4. The normalized spacial score (nSPS) is 10.0. The van der Waals surface area contributed by atoms with Crippen molar-refractivity contribution in [2.75, 3.05) is 12.4 Å². The van der Waals surface area contributed by atoms with Gasteiger partial charge in [-0.25, -0.2) is 4.79 Å². The van der Waals surface area contributed by atoms with Crippen LogP contribution in [0.5, 0.6) is 11.5 Å². The fourth-order valence-corrected chi connectivity index (χ4v) is 2.29. The van der Waals surface area contributed by atoms with Gasteiger partial charge in [0.15, 0.2) is 0 Å². The van der Waals surface area contributed by atoms with E-state index in [0.717, 1.165) is 0 Å². The van der Waals surface area contributed by atoms with Crippen LogP contribution in [-0.4, -0.2) is 24.0 Å². The third-order valence-electron chi connectivity index (χ3n) is 3.57. The smallest absolute Gasteiger partial charge is 0.345 e. The van der Waals surface area contributed by atoms with Gasteiger partial charge in [0, 0.05) is 18.1 Å². The van der Waals surface area contributed by atoms with Crippen molar-refractivity contribution >= 4 is 17.6 Å². The van der Waals surface area contributed by atoms with Crippen LogP contribution in [0.2, 0.25) is 0 Å². The highest BCUT2D eigenvalue weighted by atomic mass is 16.5. The molecule has 1 aromatic heterocycles. The molecule has 3 rings (SSSR count). The number of amides is 1. The fourth-order valence-electron chi connectivity index (χ4n) is 2.29. The van der Waals surface area contributed by atoms with Crippen molar-refractivity contribution < 1.29 is 19.1 Å². The minimum atomic E-state index is -0.496. The van der Waals surface area contributed by atoms with Gasteiger partial charge in [0.2, 0.25) is 0 Å². The summed E-state index contributed by atoms with van der Waals surface area (Å²) in [5.41, 5.74) is 1.37. The highest BCUT2D eigenvalue weighted by molar-refractivity contribution is 6.06. The lowest BCUT2D eigenvalue weighted by Crippen LogP contribution is -2.13. The van der Waals surface area contributed by atoms with E-state index in [1.54, 1.807) is 66.9 Å². The average Bonchev–Trinajstić information content (AvgIpc) is 2.70. The molecule has 6 nitrogen and oxygen atoms in total. The number of carbonyl (C=O) groups is 2. The number of nitrogens with one attached hydrogen (secondary N) is 1. The van der Waals surface area contributed by atoms with Gasteiger partial charge in [-0.05, 0) is 48.5 Å². The topological polar surface area (TPSA) is 77.5 Å². The van der Waals surface area contributed by atoms with Gasteiger partial charge in [-0.1, -0.05) is 12.1 Å². The van der Waals surface area contributed by atoms with Gasteiger partial charge in [0.05, 0.1) is 18.2 Å². The van der Waals surface area contributed by atoms with Crippen LogP contribution in [0.3, 0.4) is 0 Å². The highest BCUT2D eigenvalue weighted by Gasteiger charge is 2.12. The summed E-state index contributed by atoms with van der Waals surface area (Å²) < 4.78 is 10.5. The molecular formula is C20H16N2O4. The lowest BCUT2D eigenvalue weighted by Gasteiger charge is -2.10. The van der Waals surface area contributed by atoms with Crippen LogP contribution in [0.1, 0.15) is 20.7 Å². The summed E-state index contributed by atoms with van der Waals surface area (Å²) in [5, 5.41) is 2.78. The molecule has 1 amide bonds. The Bertz CT molecular complexity index is 909. The monoisotopic (exact) mass is 348 g/mol. The predicted molar refractivity (Wildman–Crippen MR) is 96.6 cm³/mol. The molecule has 0 aliphatic carbocycles. The standard InChI is InChI=1S/C20H16N2O4/c1-25-18-7-3-2-6-17(18)19(23)22-15-8-10-16(11-9-15)26-20(24)14-5-4-12-21-13-14/h2-13H,1H3,(H,22,23). The number of rotatable bonds is 5. The Kier molecular flexibility index (Phi) is 5.24. The molecule has 3 aromatic rings. The van der Waals surface area contributed by atoms with E-state index in [-0.39, 0.29) is 5.91 Å². The lowest BCUT2D eigenvalue weighted by molar-refractivity contribution is 0.0734. The van der Waals surface area contributed by atoms with Gasteiger partial charge >= 0.3 is 5.97 Å². The van der Waals surface area contributed by atoms with Crippen molar-refractivity contribution in [1.29, 1.82) is 0 Å². The average molecular weight is 348 g/mol. The first-order valence-electron chi connectivity index (χ1n) is 7.84. The fraction of sp³-hybridized carbons (Fsp3) is 0.0500. The van der Waals surface area contributed by atoms with Gasteiger partial charge in [-0.15, -0.1) is 0 Å². The molecule has 0 fully saturated rings. The molecule has 6 heteroatoms. The Hall–Kier alpha value is -3.67. The van der Waals surface area contributed by atoms with Crippen LogP contribution in [0.25, 0.3) is 0 Å². The molecular weight excluding hydrogens is 332 g/mol. The molecule has 0 bridgehead atoms. The zero-order valence-corrected chi connectivity index (χ0v) is 14.0. The Morgan fingerprint density at radius 3 is 2.42 bits per heavy atom. The van der Waals surface area contributed by atoms with E-state index >= 15 is 0 Å². The molecule has 0 saturated heterocycles. The number of carbonyl (C=O) groups excluding carboxylic acids is 2. The Morgan fingerprint density at radius 2 is 1.73 bits per heavy atom. The van der Waals surface area contributed by atoms with E-state index in [9.17, 15) is 9.59 Å². The maximum atomic E-state index is 12.4. The van der Waals surface area contributed by atoms with Crippen molar-refractivity contribution in [3.05, 3.63) is 84.2 Å². The van der Waals surface area contributed by atoms with Crippen LogP contribution in [0.4, 0.5) is 5.69 Å². The predicted octanol–water partition coefficient (Wildman–Crippen LogP) is 3.56. The largest absolute Gasteiger partial charge is 0.496 e. The first-order valence-corrected chi connectivity index (χ1v) is 7.84. The van der Waals surface area contributed by atoms with Gasteiger partial charge in [0.25, 0.3) is 5.91 Å². The van der Waals surface area contributed by atoms with Crippen molar-refractivity contribution in [1.82, 2.24) is 4.98 Å². The number of aromatic nitrogens is 1. The van der Waals surface area contributed by atoms with Gasteiger partial charge < -0.3 is 14.8 Å². The van der Waals surface area contributed by atoms with Gasteiger partial charge in [-0.3, -0.25) is 9.78 Å². The second-order valence-electron chi connectivity index (χ2n) is 5.31. The minimum Gasteiger partial charge on any atom is -0.496 e. The summed E-state index contributed by atoms with van der Waals surface area (Å²) in [6, 6.07) is 16.7. The zero-order valence-electron chi connectivity index (χ0n) is 14.0.